The Morgan fingerprint density at radius 1 is 0.929 bits per heavy atom. The molecule has 1 aliphatic rings. The van der Waals surface area contributed by atoms with Crippen LogP contribution in [-0.2, 0) is 10.0 Å². The molecule has 1 aromatic heterocycles. The van der Waals surface area contributed by atoms with E-state index in [-0.39, 0.29) is 11.4 Å². The Balaban J connectivity index is 1.36. The van der Waals surface area contributed by atoms with Crippen molar-refractivity contribution in [3.8, 4) is 0 Å². The van der Waals surface area contributed by atoms with Crippen molar-refractivity contribution in [2.24, 2.45) is 0 Å². The Bertz CT molecular complexity index is 946. The van der Waals surface area contributed by atoms with Gasteiger partial charge in [0, 0.05) is 37.7 Å². The second kappa shape index (κ2) is 9.29. The zero-order valence-electron chi connectivity index (χ0n) is 15.8. The highest BCUT2D eigenvalue weighted by molar-refractivity contribution is 7.89. The van der Waals surface area contributed by atoms with Crippen LogP contribution in [0.4, 0.5) is 17.1 Å². The minimum Gasteiger partial charge on any atom is -0.380 e. The fraction of sp³-hybridized carbons (Fsp3) is 0.526. The highest BCUT2D eigenvalue weighted by Gasteiger charge is 2.24. The average Bonchev–Trinajstić information content (AvgIpc) is 3.25. The molecule has 2 N–H and O–H groups in total. The largest absolute Gasteiger partial charge is 0.380 e. The summed E-state index contributed by atoms with van der Waals surface area (Å²) >= 11 is 0. The van der Waals surface area contributed by atoms with Crippen LogP contribution in [0.1, 0.15) is 38.5 Å². The summed E-state index contributed by atoms with van der Waals surface area (Å²) in [5.41, 5.74) is 0.274. The first-order valence-corrected chi connectivity index (χ1v) is 11.3. The third-order valence-electron chi connectivity index (χ3n) is 4.95. The van der Waals surface area contributed by atoms with Crippen molar-refractivity contribution in [3.63, 3.8) is 0 Å². The van der Waals surface area contributed by atoms with Crippen LogP contribution in [0.2, 0.25) is 0 Å². The normalized spacial score (nSPS) is 15.1. The Kier molecular flexibility index (Phi) is 6.79. The maximum absolute atomic E-state index is 12.1. The van der Waals surface area contributed by atoms with Crippen LogP contribution < -0.4 is 21.5 Å². The molecule has 1 saturated heterocycles. The zero-order chi connectivity index (χ0) is 20.0. The first-order valence-electron chi connectivity index (χ1n) is 9.71. The summed E-state index contributed by atoms with van der Waals surface area (Å²) in [5.74, 6) is 0.207. The standard InChI is InChI=1S/C19H26N4O4S/c24-18-16(17(19(18)25)22-15-7-10-20-11-8-15)21-9-3-1-2-6-14-28(26,27)23-12-4-5-13-23/h7-8,10-11,21H,1-6,9,12-14H2,(H,20,22). The number of hydrogen-bond acceptors (Lipinski definition) is 7. The lowest BCUT2D eigenvalue weighted by molar-refractivity contribution is 0.474. The second-order valence-corrected chi connectivity index (χ2v) is 9.12. The van der Waals surface area contributed by atoms with E-state index in [4.69, 9.17) is 0 Å². The molecule has 0 unspecified atom stereocenters. The summed E-state index contributed by atoms with van der Waals surface area (Å²) in [4.78, 5) is 27.4. The molecule has 0 atom stereocenters. The number of anilines is 3. The van der Waals surface area contributed by atoms with E-state index in [1.165, 1.54) is 0 Å². The Morgan fingerprint density at radius 3 is 2.29 bits per heavy atom. The number of nitrogens with zero attached hydrogens (tertiary/aromatic N) is 2. The van der Waals surface area contributed by atoms with Gasteiger partial charge in [-0.05, 0) is 37.8 Å². The highest BCUT2D eigenvalue weighted by atomic mass is 32.2. The van der Waals surface area contributed by atoms with E-state index in [9.17, 15) is 18.0 Å². The third-order valence-corrected chi connectivity index (χ3v) is 6.91. The van der Waals surface area contributed by atoms with Gasteiger partial charge in [0.2, 0.25) is 10.0 Å². The maximum atomic E-state index is 12.1. The molecular weight excluding hydrogens is 380 g/mol. The minimum atomic E-state index is -3.10. The highest BCUT2D eigenvalue weighted by Crippen LogP contribution is 2.20. The minimum absolute atomic E-state index is 0.207. The molecule has 0 saturated carbocycles. The number of sulfonamides is 1. The van der Waals surface area contributed by atoms with E-state index < -0.39 is 20.9 Å². The molecule has 152 valence electrons. The molecule has 0 radical (unpaired) electrons. The van der Waals surface area contributed by atoms with Gasteiger partial charge in [0.15, 0.2) is 0 Å². The maximum Gasteiger partial charge on any atom is 0.253 e. The summed E-state index contributed by atoms with van der Waals surface area (Å²) in [6.07, 6.45) is 8.26. The number of rotatable bonds is 11. The predicted octanol–water partition coefficient (Wildman–Crippen LogP) is 1.82. The monoisotopic (exact) mass is 406 g/mol. The van der Waals surface area contributed by atoms with Crippen molar-refractivity contribution in [1.29, 1.82) is 0 Å². The molecule has 28 heavy (non-hydrogen) atoms. The number of pyridine rings is 1. The van der Waals surface area contributed by atoms with Gasteiger partial charge in [-0.25, -0.2) is 12.7 Å². The molecule has 3 rings (SSSR count). The van der Waals surface area contributed by atoms with Crippen molar-refractivity contribution in [3.05, 3.63) is 45.0 Å². The van der Waals surface area contributed by atoms with Gasteiger partial charge in [0.05, 0.1) is 5.75 Å². The van der Waals surface area contributed by atoms with Crippen LogP contribution >= 0.6 is 0 Å². The number of unbranched alkanes of at least 4 members (excludes halogenated alkanes) is 3. The Morgan fingerprint density at radius 2 is 1.57 bits per heavy atom. The average molecular weight is 407 g/mol. The third kappa shape index (κ3) is 4.96. The van der Waals surface area contributed by atoms with E-state index in [1.54, 1.807) is 28.8 Å². The molecule has 0 amide bonds. The van der Waals surface area contributed by atoms with Crippen LogP contribution in [0.3, 0.4) is 0 Å². The van der Waals surface area contributed by atoms with Crippen molar-refractivity contribution in [1.82, 2.24) is 9.29 Å². The van der Waals surface area contributed by atoms with Gasteiger partial charge in [-0.2, -0.15) is 0 Å². The van der Waals surface area contributed by atoms with Crippen LogP contribution in [0.15, 0.2) is 34.1 Å². The van der Waals surface area contributed by atoms with E-state index >= 15 is 0 Å². The first-order chi connectivity index (χ1) is 13.5. The van der Waals surface area contributed by atoms with Crippen molar-refractivity contribution < 1.29 is 8.42 Å². The molecule has 2 heterocycles. The van der Waals surface area contributed by atoms with E-state index in [0.29, 0.717) is 37.4 Å². The molecule has 8 nitrogen and oxygen atoms in total. The SMILES string of the molecule is O=c1c(NCCCCCCS(=O)(=O)N2CCCC2)c(Nc2ccncc2)c1=O. The summed E-state index contributed by atoms with van der Waals surface area (Å²) in [5, 5.41) is 5.97. The fourth-order valence-electron chi connectivity index (χ4n) is 3.33. The molecule has 1 fully saturated rings. The summed E-state index contributed by atoms with van der Waals surface area (Å²) in [6, 6.07) is 3.44. The van der Waals surface area contributed by atoms with Gasteiger partial charge in [-0.15, -0.1) is 0 Å². The smallest absolute Gasteiger partial charge is 0.253 e. The van der Waals surface area contributed by atoms with Gasteiger partial charge in [-0.3, -0.25) is 14.6 Å². The first kappa shape index (κ1) is 20.5. The van der Waals surface area contributed by atoms with Gasteiger partial charge >= 0.3 is 0 Å². The van der Waals surface area contributed by atoms with Crippen LogP contribution in [0.5, 0.6) is 0 Å². The molecule has 0 aliphatic carbocycles. The molecule has 2 aromatic rings. The zero-order valence-corrected chi connectivity index (χ0v) is 16.6. The van der Waals surface area contributed by atoms with Gasteiger partial charge in [0.25, 0.3) is 10.9 Å². The molecule has 9 heteroatoms. The molecule has 0 bridgehead atoms. The number of nitrogens with one attached hydrogen (secondary N) is 2. The summed E-state index contributed by atoms with van der Waals surface area (Å²) in [6.45, 7) is 1.88. The lowest BCUT2D eigenvalue weighted by atomic mass is 10.1. The Hall–Kier alpha value is -2.26. The summed E-state index contributed by atoms with van der Waals surface area (Å²) in [7, 11) is -3.10. The van der Waals surface area contributed by atoms with Gasteiger partial charge < -0.3 is 10.6 Å². The molecule has 0 spiro atoms. The van der Waals surface area contributed by atoms with Crippen molar-refractivity contribution in [2.45, 2.75) is 38.5 Å². The topological polar surface area (TPSA) is 108 Å². The lowest BCUT2D eigenvalue weighted by Crippen LogP contribution is -2.36. The quantitative estimate of drug-likeness (QED) is 0.433. The molecule has 1 aromatic carbocycles. The fourth-order valence-corrected chi connectivity index (χ4v) is 4.97. The lowest BCUT2D eigenvalue weighted by Gasteiger charge is -2.15. The molecule has 1 aliphatic heterocycles. The van der Waals surface area contributed by atoms with E-state index in [0.717, 1.165) is 32.1 Å². The predicted molar refractivity (Wildman–Crippen MR) is 110 cm³/mol. The van der Waals surface area contributed by atoms with E-state index in [2.05, 4.69) is 15.6 Å². The summed E-state index contributed by atoms with van der Waals surface area (Å²) < 4.78 is 25.9. The van der Waals surface area contributed by atoms with Crippen LogP contribution in [-0.4, -0.2) is 43.1 Å². The van der Waals surface area contributed by atoms with Gasteiger partial charge in [-0.1, -0.05) is 12.8 Å². The number of aromatic nitrogens is 1. The van der Waals surface area contributed by atoms with Gasteiger partial charge in [0.1, 0.15) is 11.4 Å². The molecular formula is C19H26N4O4S. The van der Waals surface area contributed by atoms with E-state index in [1.807, 2.05) is 0 Å². The van der Waals surface area contributed by atoms with Crippen LogP contribution in [0.25, 0.3) is 0 Å². The second-order valence-electron chi connectivity index (χ2n) is 7.03. The number of hydrogen-bond donors (Lipinski definition) is 2. The Labute approximate surface area is 164 Å². The van der Waals surface area contributed by atoms with Crippen molar-refractivity contribution >= 4 is 27.1 Å². The van der Waals surface area contributed by atoms with Crippen molar-refractivity contribution in [2.75, 3.05) is 36.0 Å². The van der Waals surface area contributed by atoms with Crippen LogP contribution in [0, 0.1) is 0 Å².